The van der Waals surface area contributed by atoms with Crippen molar-refractivity contribution in [3.63, 3.8) is 0 Å². The Morgan fingerprint density at radius 1 is 0.463 bits per heavy atom. The van der Waals surface area contributed by atoms with Crippen LogP contribution in [-0.2, 0) is 34.5 Å². The maximum absolute atomic E-state index is 2.61. The van der Waals surface area contributed by atoms with Gasteiger partial charge in [-0.2, -0.15) is 0 Å². The van der Waals surface area contributed by atoms with E-state index in [9.17, 15) is 0 Å². The third-order valence-corrected chi connectivity index (χ3v) is 20.3. The maximum Gasteiger partial charge on any atom is 0.0530 e. The standard InChI is InChI=1S/C78H66N2/c1-75(2)63-27-13-17-31-71(63)79(72-32-18-14-28-64(72)75)57-39-43-60-59-41-37-51(45-67(59)77(68(60)47-57)49-53-21-11-12-22-54(53)50-77)35-36-52-38-42-61-62-44-40-58(80-73-33-19-15-29-65(73)76(3,4)66-30-16-20-34-74(66)80)48-70(62)78(69(61)46-52,55-23-7-5-8-24-55)56-25-9-6-10-26-56/h5-13,15-19,21-25,27,29-33,35-48,56H,14,20,26,28,34,49-50H2,1-4H3/b36-35+. The molecule has 2 aliphatic heterocycles. The molecule has 0 bridgehead atoms. The fraction of sp³-hybridized carbons (Fsp3) is 0.205. The first kappa shape index (κ1) is 47.5. The van der Waals surface area contributed by atoms with Crippen molar-refractivity contribution >= 4 is 34.9 Å². The Morgan fingerprint density at radius 3 is 1.71 bits per heavy atom. The zero-order valence-electron chi connectivity index (χ0n) is 46.4. The molecule has 0 N–H and O–H groups in total. The van der Waals surface area contributed by atoms with Gasteiger partial charge in [0, 0.05) is 44.7 Å². The number of rotatable bonds is 6. The Labute approximate surface area is 472 Å². The first-order chi connectivity index (χ1) is 39.1. The smallest absolute Gasteiger partial charge is 0.0530 e. The molecule has 80 heavy (non-hydrogen) atoms. The largest absolute Gasteiger partial charge is 0.314 e. The number of benzene rings is 8. The van der Waals surface area contributed by atoms with Crippen molar-refractivity contribution in [1.82, 2.24) is 0 Å². The van der Waals surface area contributed by atoms with Crippen LogP contribution in [0.15, 0.2) is 247 Å². The second-order valence-electron chi connectivity index (χ2n) is 25.0. The Morgan fingerprint density at radius 2 is 1.01 bits per heavy atom. The van der Waals surface area contributed by atoms with E-state index >= 15 is 0 Å². The first-order valence-corrected chi connectivity index (χ1v) is 29.5. The average Bonchev–Trinajstić information content (AvgIpc) is 4.31. The molecule has 8 aromatic carbocycles. The predicted octanol–water partition coefficient (Wildman–Crippen LogP) is 19.4. The summed E-state index contributed by atoms with van der Waals surface area (Å²) in [5.41, 5.74) is 30.7. The predicted molar refractivity (Wildman–Crippen MR) is 334 cm³/mol. The molecule has 16 rings (SSSR count). The number of anilines is 4. The fourth-order valence-electron chi connectivity index (χ4n) is 16.6. The summed E-state index contributed by atoms with van der Waals surface area (Å²) in [4.78, 5) is 5.19. The minimum atomic E-state index is -0.425. The molecule has 0 saturated carbocycles. The number of para-hydroxylation sites is 2. The summed E-state index contributed by atoms with van der Waals surface area (Å²) in [7, 11) is 0. The summed E-state index contributed by atoms with van der Waals surface area (Å²) >= 11 is 0. The molecular formula is C78H66N2. The molecule has 2 atom stereocenters. The molecule has 0 aromatic heterocycles. The second-order valence-corrected chi connectivity index (χ2v) is 25.0. The lowest BCUT2D eigenvalue weighted by molar-refractivity contribution is 0.457. The van der Waals surface area contributed by atoms with Crippen LogP contribution >= 0.6 is 0 Å². The Bertz CT molecular complexity index is 4160. The van der Waals surface area contributed by atoms with Crippen molar-refractivity contribution in [3.05, 3.63) is 308 Å². The fourth-order valence-corrected chi connectivity index (χ4v) is 16.6. The van der Waals surface area contributed by atoms with Crippen LogP contribution in [0.3, 0.4) is 0 Å². The number of hydrogen-bond acceptors (Lipinski definition) is 2. The molecule has 0 saturated heterocycles. The highest BCUT2D eigenvalue weighted by molar-refractivity contribution is 5.91. The van der Waals surface area contributed by atoms with Crippen molar-refractivity contribution in [2.45, 2.75) is 94.3 Å². The van der Waals surface area contributed by atoms with Crippen LogP contribution < -0.4 is 9.80 Å². The zero-order chi connectivity index (χ0) is 53.5. The average molecular weight is 1030 g/mol. The van der Waals surface area contributed by atoms with Gasteiger partial charge in [0.25, 0.3) is 0 Å². The third kappa shape index (κ3) is 6.66. The van der Waals surface area contributed by atoms with Crippen LogP contribution in [0.25, 0.3) is 34.4 Å². The van der Waals surface area contributed by atoms with Gasteiger partial charge in [-0.15, -0.1) is 0 Å². The molecule has 6 aliphatic carbocycles. The van der Waals surface area contributed by atoms with Gasteiger partial charge < -0.3 is 9.80 Å². The van der Waals surface area contributed by atoms with E-state index in [1.54, 1.807) is 0 Å². The lowest BCUT2D eigenvalue weighted by Gasteiger charge is -2.45. The van der Waals surface area contributed by atoms with Gasteiger partial charge in [-0.3, -0.25) is 0 Å². The Hall–Kier alpha value is -8.46. The molecule has 0 amide bonds. The van der Waals surface area contributed by atoms with Crippen molar-refractivity contribution in [3.8, 4) is 22.3 Å². The molecule has 2 nitrogen and oxygen atoms in total. The maximum atomic E-state index is 2.61. The van der Waals surface area contributed by atoms with Crippen LogP contribution in [0.2, 0.25) is 0 Å². The van der Waals surface area contributed by atoms with E-state index in [0.717, 1.165) is 44.9 Å². The zero-order valence-corrected chi connectivity index (χ0v) is 46.4. The van der Waals surface area contributed by atoms with Gasteiger partial charge >= 0.3 is 0 Å². The molecule has 388 valence electrons. The quantitative estimate of drug-likeness (QED) is 0.153. The summed E-state index contributed by atoms with van der Waals surface area (Å²) in [6, 6.07) is 68.5. The molecule has 0 fully saturated rings. The monoisotopic (exact) mass is 1030 g/mol. The molecule has 2 heteroatoms. The molecule has 2 heterocycles. The number of hydrogen-bond donors (Lipinski definition) is 0. The van der Waals surface area contributed by atoms with Crippen LogP contribution in [0, 0.1) is 5.92 Å². The molecule has 1 spiro atoms. The van der Waals surface area contributed by atoms with Crippen molar-refractivity contribution in [1.29, 1.82) is 0 Å². The van der Waals surface area contributed by atoms with Crippen LogP contribution in [0.1, 0.15) is 121 Å². The highest BCUT2D eigenvalue weighted by Gasteiger charge is 2.51. The highest BCUT2D eigenvalue weighted by Crippen LogP contribution is 2.62. The van der Waals surface area contributed by atoms with E-state index in [0.29, 0.717) is 0 Å². The Balaban J connectivity index is 0.811. The Kier molecular flexibility index (Phi) is 10.4. The van der Waals surface area contributed by atoms with Crippen molar-refractivity contribution in [2.24, 2.45) is 5.92 Å². The summed E-state index contributed by atoms with van der Waals surface area (Å²) in [6.07, 6.45) is 30.9. The van der Waals surface area contributed by atoms with E-state index in [1.807, 2.05) is 0 Å². The number of allylic oxidation sites excluding steroid dienone is 11. The lowest BCUT2D eigenvalue weighted by Crippen LogP contribution is -2.36. The van der Waals surface area contributed by atoms with E-state index < -0.39 is 5.41 Å². The number of fused-ring (bicyclic) bond motifs is 11. The topological polar surface area (TPSA) is 6.48 Å². The van der Waals surface area contributed by atoms with Gasteiger partial charge in [0.2, 0.25) is 0 Å². The number of nitrogens with zero attached hydrogens (tertiary/aromatic N) is 2. The molecule has 8 aliphatic rings. The molecule has 0 radical (unpaired) electrons. The van der Waals surface area contributed by atoms with Gasteiger partial charge in [0.15, 0.2) is 0 Å². The summed E-state index contributed by atoms with van der Waals surface area (Å²) in [5, 5.41) is 0. The third-order valence-electron chi connectivity index (χ3n) is 20.3. The van der Waals surface area contributed by atoms with Crippen LogP contribution in [-0.4, -0.2) is 0 Å². The molecule has 2 unspecified atom stereocenters. The van der Waals surface area contributed by atoms with Gasteiger partial charge in [0.1, 0.15) is 0 Å². The van der Waals surface area contributed by atoms with Gasteiger partial charge in [-0.25, -0.2) is 0 Å². The summed E-state index contributed by atoms with van der Waals surface area (Å²) in [5.74, 6) is 0.212. The van der Waals surface area contributed by atoms with Gasteiger partial charge in [-0.05, 0) is 194 Å². The van der Waals surface area contributed by atoms with E-state index in [-0.39, 0.29) is 22.2 Å². The van der Waals surface area contributed by atoms with Crippen LogP contribution in [0.5, 0.6) is 0 Å². The summed E-state index contributed by atoms with van der Waals surface area (Å²) < 4.78 is 0. The van der Waals surface area contributed by atoms with Crippen molar-refractivity contribution in [2.75, 3.05) is 9.80 Å². The highest BCUT2D eigenvalue weighted by atomic mass is 15.2. The first-order valence-electron chi connectivity index (χ1n) is 29.5. The minimum Gasteiger partial charge on any atom is -0.314 e. The van der Waals surface area contributed by atoms with E-state index in [1.165, 1.54) is 129 Å². The van der Waals surface area contributed by atoms with E-state index in [4.69, 9.17) is 0 Å². The lowest BCUT2D eigenvalue weighted by atomic mass is 9.62. The van der Waals surface area contributed by atoms with Crippen molar-refractivity contribution < 1.29 is 0 Å². The normalized spacial score (nSPS) is 21.5. The van der Waals surface area contributed by atoms with Gasteiger partial charge in [-0.1, -0.05) is 216 Å². The van der Waals surface area contributed by atoms with Crippen LogP contribution in [0.4, 0.5) is 22.7 Å². The second kappa shape index (κ2) is 17.5. The molecular weight excluding hydrogens is 965 g/mol. The van der Waals surface area contributed by atoms with Gasteiger partial charge in [0.05, 0.1) is 11.1 Å². The SMILES string of the molecule is CC1(C)C2=C(CCC=C2)N(c2ccc3c(c2)C(c2ccccc2)(C2C=CC=CC2)c2cc(/C=C/c4ccc5c(c4)C4(Cc6ccccc6C4)c4cc(N6C7=C(CCC=C7)C(C)(C)c7ccccc76)ccc4-5)ccc2-3)c2ccccc21. The van der Waals surface area contributed by atoms with E-state index in [2.05, 4.69) is 274 Å². The summed E-state index contributed by atoms with van der Waals surface area (Å²) in [6.45, 7) is 9.66. The molecule has 8 aromatic rings. The minimum absolute atomic E-state index is 0.0305.